The Morgan fingerprint density at radius 3 is 2.37 bits per heavy atom. The van der Waals surface area contributed by atoms with Crippen LogP contribution >= 0.6 is 0 Å². The van der Waals surface area contributed by atoms with E-state index in [0.29, 0.717) is 5.78 Å². The number of benzene rings is 1. The Bertz CT molecular complexity index is 445. The van der Waals surface area contributed by atoms with Gasteiger partial charge in [-0.3, -0.25) is 4.79 Å². The van der Waals surface area contributed by atoms with Gasteiger partial charge in [-0.1, -0.05) is 18.6 Å². The lowest BCUT2D eigenvalue weighted by molar-refractivity contribution is -0.128. The molecule has 0 heterocycles. The van der Waals surface area contributed by atoms with Crippen molar-refractivity contribution in [2.24, 2.45) is 11.7 Å². The van der Waals surface area contributed by atoms with Crippen LogP contribution in [0.3, 0.4) is 0 Å². The fraction of sp³-hybridized carbons (Fsp3) is 0.562. The van der Waals surface area contributed by atoms with E-state index in [2.05, 4.69) is 0 Å². The molecule has 0 saturated heterocycles. The molecule has 0 radical (unpaired) electrons. The third kappa shape index (κ3) is 2.98. The maximum Gasteiger partial charge on any atom is 0.145 e. The molecule has 19 heavy (non-hydrogen) atoms. The molecule has 104 valence electrons. The first-order valence-electron chi connectivity index (χ1n) is 6.90. The summed E-state index contributed by atoms with van der Waals surface area (Å²) in [6, 6.07) is 7.82. The zero-order valence-electron chi connectivity index (χ0n) is 12.0. The summed E-state index contributed by atoms with van der Waals surface area (Å²) in [4.78, 5) is 12.6. The second-order valence-electron chi connectivity index (χ2n) is 6.03. The molecule has 2 unspecified atom stereocenters. The van der Waals surface area contributed by atoms with Gasteiger partial charge < -0.3 is 10.5 Å². The van der Waals surface area contributed by atoms with Gasteiger partial charge in [0.05, 0.1) is 7.11 Å². The molecule has 2 N–H and O–H groups in total. The van der Waals surface area contributed by atoms with Crippen molar-refractivity contribution in [2.45, 2.75) is 44.6 Å². The fourth-order valence-corrected chi connectivity index (χ4v) is 2.96. The van der Waals surface area contributed by atoms with Crippen LogP contribution in [0, 0.1) is 5.92 Å². The topological polar surface area (TPSA) is 52.3 Å². The number of carbonyl (C=O) groups is 1. The number of carbonyl (C=O) groups excluding carboxylic acids is 1. The van der Waals surface area contributed by atoms with E-state index >= 15 is 0 Å². The van der Waals surface area contributed by atoms with Gasteiger partial charge in [0.25, 0.3) is 0 Å². The predicted molar refractivity (Wildman–Crippen MR) is 76.3 cm³/mol. The van der Waals surface area contributed by atoms with Crippen LogP contribution in [0.5, 0.6) is 5.75 Å². The van der Waals surface area contributed by atoms with Crippen molar-refractivity contribution >= 4 is 5.78 Å². The van der Waals surface area contributed by atoms with Gasteiger partial charge in [0, 0.05) is 17.4 Å². The molecular weight excluding hydrogens is 238 g/mol. The minimum atomic E-state index is -0.428. The van der Waals surface area contributed by atoms with E-state index in [1.54, 1.807) is 7.11 Å². The van der Waals surface area contributed by atoms with Gasteiger partial charge in [-0.2, -0.15) is 0 Å². The van der Waals surface area contributed by atoms with Crippen LogP contribution in [-0.4, -0.2) is 18.4 Å². The Labute approximate surface area is 115 Å². The molecule has 1 fully saturated rings. The third-order valence-corrected chi connectivity index (χ3v) is 4.09. The average molecular weight is 261 g/mol. The Balaban J connectivity index is 2.21. The van der Waals surface area contributed by atoms with Crippen molar-refractivity contribution in [3.05, 3.63) is 29.8 Å². The normalized spacial score (nSPS) is 24.3. The molecule has 0 aliphatic heterocycles. The Kier molecular flexibility index (Phi) is 3.95. The molecule has 1 aromatic rings. The highest BCUT2D eigenvalue weighted by Gasteiger charge is 2.39. The van der Waals surface area contributed by atoms with E-state index < -0.39 is 5.54 Å². The van der Waals surface area contributed by atoms with Gasteiger partial charge in [0.15, 0.2) is 0 Å². The quantitative estimate of drug-likeness (QED) is 0.910. The minimum Gasteiger partial charge on any atom is -0.497 e. The highest BCUT2D eigenvalue weighted by atomic mass is 16.5. The number of nitrogens with two attached hydrogens (primary N) is 1. The van der Waals surface area contributed by atoms with Crippen molar-refractivity contribution in [1.29, 1.82) is 0 Å². The van der Waals surface area contributed by atoms with E-state index in [4.69, 9.17) is 10.5 Å². The highest BCUT2D eigenvalue weighted by molar-refractivity contribution is 5.89. The summed E-state index contributed by atoms with van der Waals surface area (Å²) in [5.41, 5.74) is 6.80. The van der Waals surface area contributed by atoms with Crippen molar-refractivity contribution in [3.8, 4) is 5.75 Å². The molecule has 1 aromatic carbocycles. The van der Waals surface area contributed by atoms with Gasteiger partial charge in [0.1, 0.15) is 11.5 Å². The van der Waals surface area contributed by atoms with Crippen LogP contribution in [0.1, 0.15) is 44.6 Å². The van der Waals surface area contributed by atoms with Crippen LogP contribution in [0.25, 0.3) is 0 Å². The Morgan fingerprint density at radius 1 is 1.21 bits per heavy atom. The summed E-state index contributed by atoms with van der Waals surface area (Å²) >= 11 is 0. The van der Waals surface area contributed by atoms with E-state index in [9.17, 15) is 4.79 Å². The Morgan fingerprint density at radius 2 is 1.84 bits per heavy atom. The molecule has 2 rings (SSSR count). The first-order chi connectivity index (χ1) is 8.93. The van der Waals surface area contributed by atoms with Gasteiger partial charge >= 0.3 is 0 Å². The number of ether oxygens (including phenoxy) is 1. The maximum atomic E-state index is 12.6. The van der Waals surface area contributed by atoms with Gasteiger partial charge in [-0.15, -0.1) is 0 Å². The van der Waals surface area contributed by atoms with Gasteiger partial charge in [0.2, 0.25) is 0 Å². The summed E-state index contributed by atoms with van der Waals surface area (Å²) in [7, 11) is 1.65. The third-order valence-electron chi connectivity index (χ3n) is 4.09. The number of Topliss-reactive ketones (excluding diaryl/α,β-unsaturated/α-hetero) is 1. The lowest BCUT2D eigenvalue weighted by atomic mass is 9.70. The van der Waals surface area contributed by atoms with Crippen LogP contribution in [0.15, 0.2) is 24.3 Å². The predicted octanol–water partition coefficient (Wildman–Crippen LogP) is 2.89. The lowest BCUT2D eigenvalue weighted by Crippen LogP contribution is -2.48. The number of hydrogen-bond donors (Lipinski definition) is 1. The van der Waals surface area contributed by atoms with Crippen LogP contribution in [0.2, 0.25) is 0 Å². The monoisotopic (exact) mass is 261 g/mol. The summed E-state index contributed by atoms with van der Waals surface area (Å²) in [6.45, 7) is 3.90. The summed E-state index contributed by atoms with van der Waals surface area (Å²) in [6.07, 6.45) is 2.90. The molecule has 3 nitrogen and oxygen atoms in total. The first-order valence-corrected chi connectivity index (χ1v) is 6.90. The molecule has 1 aliphatic carbocycles. The summed E-state index contributed by atoms with van der Waals surface area (Å²) < 4.78 is 5.15. The average Bonchev–Trinajstić information content (AvgIpc) is 2.38. The molecular formula is C16H23NO2. The SMILES string of the molecule is COc1ccc(C2CCCC(C(C)(C)N)C2=O)cc1. The van der Waals surface area contributed by atoms with E-state index in [1.807, 2.05) is 38.1 Å². The second-order valence-corrected chi connectivity index (χ2v) is 6.03. The van der Waals surface area contributed by atoms with Crippen LogP contribution < -0.4 is 10.5 Å². The Hall–Kier alpha value is -1.35. The minimum absolute atomic E-state index is 0.00696. The number of hydrogen-bond acceptors (Lipinski definition) is 3. The lowest BCUT2D eigenvalue weighted by Gasteiger charge is -2.36. The zero-order chi connectivity index (χ0) is 14.0. The molecule has 0 amide bonds. The number of methoxy groups -OCH3 is 1. The van der Waals surface area contributed by atoms with Gasteiger partial charge in [-0.05, 0) is 44.4 Å². The van der Waals surface area contributed by atoms with E-state index in [-0.39, 0.29) is 11.8 Å². The first kappa shape index (κ1) is 14.1. The van der Waals surface area contributed by atoms with Crippen molar-refractivity contribution < 1.29 is 9.53 Å². The van der Waals surface area contributed by atoms with E-state index in [1.165, 1.54) is 0 Å². The fourth-order valence-electron chi connectivity index (χ4n) is 2.96. The summed E-state index contributed by atoms with van der Waals surface area (Å²) in [5, 5.41) is 0. The van der Waals surface area contributed by atoms with Crippen molar-refractivity contribution in [1.82, 2.24) is 0 Å². The molecule has 1 saturated carbocycles. The maximum absolute atomic E-state index is 12.6. The molecule has 0 spiro atoms. The molecule has 2 atom stereocenters. The van der Waals surface area contributed by atoms with E-state index in [0.717, 1.165) is 30.6 Å². The van der Waals surface area contributed by atoms with Crippen LogP contribution in [-0.2, 0) is 4.79 Å². The second kappa shape index (κ2) is 5.33. The number of ketones is 1. The van der Waals surface area contributed by atoms with Crippen molar-refractivity contribution in [3.63, 3.8) is 0 Å². The largest absolute Gasteiger partial charge is 0.497 e. The standard InChI is InChI=1S/C16H23NO2/c1-16(2,17)14-6-4-5-13(15(14)18)11-7-9-12(19-3)10-8-11/h7-10,13-14H,4-6,17H2,1-3H3. The van der Waals surface area contributed by atoms with Gasteiger partial charge in [-0.25, -0.2) is 0 Å². The smallest absolute Gasteiger partial charge is 0.145 e. The number of rotatable bonds is 3. The van der Waals surface area contributed by atoms with Crippen molar-refractivity contribution in [2.75, 3.05) is 7.11 Å². The highest BCUT2D eigenvalue weighted by Crippen LogP contribution is 2.37. The molecule has 0 bridgehead atoms. The summed E-state index contributed by atoms with van der Waals surface area (Å²) in [5.74, 6) is 1.08. The molecule has 3 heteroatoms. The molecule has 0 aromatic heterocycles. The molecule has 1 aliphatic rings. The zero-order valence-corrected chi connectivity index (χ0v) is 12.0. The van der Waals surface area contributed by atoms with Crippen LogP contribution in [0.4, 0.5) is 0 Å².